The molecule has 1 N–H and O–H groups in total. The number of halogens is 1. The molecule has 0 spiro atoms. The first-order chi connectivity index (χ1) is 27.7. The van der Waals surface area contributed by atoms with Gasteiger partial charge in [-0.3, -0.25) is 9.36 Å². The van der Waals surface area contributed by atoms with Crippen molar-refractivity contribution in [2.45, 2.75) is 36.9 Å². The molecule has 1 fully saturated rings. The molecule has 1 unspecified atom stereocenters. The van der Waals surface area contributed by atoms with E-state index in [0.717, 1.165) is 16.7 Å². The Hall–Kier alpha value is -5.59. The summed E-state index contributed by atoms with van der Waals surface area (Å²) >= 11 is 5.08. The number of fused-ring (bicyclic) bond motifs is 1. The van der Waals surface area contributed by atoms with E-state index in [-0.39, 0.29) is 37.8 Å². The maximum atomic E-state index is 15.5. The SMILES string of the molecule is COc1ccc(C(O[C@H]2C[C@H](n3cnc4c(NC(=O)c5ccccc5)ncnc43)O[C@@H]2COP(F)(=S)OCCC#N)(c2ccccc2)c2ccc(OC)cc2)cc1. The van der Waals surface area contributed by atoms with Crippen molar-refractivity contribution in [1.29, 1.82) is 5.26 Å². The van der Waals surface area contributed by atoms with Gasteiger partial charge in [0.25, 0.3) is 5.91 Å². The fourth-order valence-electron chi connectivity index (χ4n) is 6.72. The highest BCUT2D eigenvalue weighted by molar-refractivity contribution is 8.07. The Labute approximate surface area is 333 Å². The third-order valence-electron chi connectivity index (χ3n) is 9.47. The maximum absolute atomic E-state index is 15.5. The van der Waals surface area contributed by atoms with Crippen LogP contribution in [0.4, 0.5) is 10.0 Å². The molecule has 4 atom stereocenters. The maximum Gasteiger partial charge on any atom is 0.366 e. The zero-order valence-electron chi connectivity index (χ0n) is 30.9. The standard InChI is InChI=1S/C41H38FN6O7PS/c1-50-32-18-14-30(15-19-32)41(29-12-7-4-8-13-29,31-16-20-33(51-2)21-17-31)55-34-24-36(54-35(34)25-53-56(42,57)52-23-9-22-43)48-27-46-37-38(44-26-45-39(37)48)47-40(49)28-10-5-3-6-11-28/h3-8,10-21,26-27,34-36H,9,23-25H2,1-2H3,(H,44,45,47,49)/t34-,35+,36+,56?/m0/s1. The second-order valence-electron chi connectivity index (χ2n) is 12.9. The molecule has 292 valence electrons. The fraction of sp³-hybridized carbons (Fsp3) is 0.244. The van der Waals surface area contributed by atoms with Crippen LogP contribution >= 0.6 is 6.80 Å². The quantitative estimate of drug-likeness (QED) is 0.0575. The van der Waals surface area contributed by atoms with Crippen LogP contribution in [0.1, 0.15) is 46.1 Å². The number of carbonyl (C=O) groups excluding carboxylic acids is 1. The number of hydrogen-bond donors (Lipinski definition) is 1. The number of amides is 1. The molecule has 1 aliphatic rings. The van der Waals surface area contributed by atoms with Crippen molar-refractivity contribution < 1.29 is 37.0 Å². The molecule has 0 aliphatic carbocycles. The summed E-state index contributed by atoms with van der Waals surface area (Å²) in [7, 11) is 3.20. The predicted molar refractivity (Wildman–Crippen MR) is 213 cm³/mol. The van der Waals surface area contributed by atoms with Gasteiger partial charge in [0, 0.05) is 12.0 Å². The van der Waals surface area contributed by atoms with Crippen LogP contribution in [0.3, 0.4) is 0 Å². The zero-order chi connectivity index (χ0) is 39.8. The Bertz CT molecular complexity index is 2340. The zero-order valence-corrected chi connectivity index (χ0v) is 32.6. The monoisotopic (exact) mass is 808 g/mol. The van der Waals surface area contributed by atoms with E-state index in [2.05, 4.69) is 20.3 Å². The van der Waals surface area contributed by atoms with Gasteiger partial charge in [0.2, 0.25) is 0 Å². The van der Waals surface area contributed by atoms with Crippen LogP contribution in [-0.2, 0) is 35.9 Å². The van der Waals surface area contributed by atoms with E-state index in [1.165, 1.54) is 6.33 Å². The number of benzene rings is 4. The van der Waals surface area contributed by atoms with Crippen LogP contribution in [0.2, 0.25) is 0 Å². The van der Waals surface area contributed by atoms with Crippen molar-refractivity contribution in [1.82, 2.24) is 19.5 Å². The number of nitrogens with one attached hydrogen (secondary N) is 1. The Morgan fingerprint density at radius 1 is 0.912 bits per heavy atom. The molecule has 0 bridgehead atoms. The van der Waals surface area contributed by atoms with Gasteiger partial charge in [-0.25, -0.2) is 15.0 Å². The third-order valence-corrected chi connectivity index (χ3v) is 11.1. The van der Waals surface area contributed by atoms with Crippen LogP contribution in [0.15, 0.2) is 122 Å². The molecule has 2 aromatic heterocycles. The molecular weight excluding hydrogens is 771 g/mol. The van der Waals surface area contributed by atoms with Gasteiger partial charge in [-0.2, -0.15) is 9.46 Å². The summed E-state index contributed by atoms with van der Waals surface area (Å²) in [5.41, 5.74) is 2.27. The third kappa shape index (κ3) is 8.72. The largest absolute Gasteiger partial charge is 0.497 e. The van der Waals surface area contributed by atoms with Gasteiger partial charge in [-0.15, -0.1) is 0 Å². The summed E-state index contributed by atoms with van der Waals surface area (Å²) in [4.78, 5) is 26.4. The fourth-order valence-corrected chi connectivity index (χ4v) is 7.84. The van der Waals surface area contributed by atoms with E-state index in [9.17, 15) is 4.79 Å². The van der Waals surface area contributed by atoms with Crippen molar-refractivity contribution in [2.75, 3.05) is 32.8 Å². The van der Waals surface area contributed by atoms with Gasteiger partial charge in [0.15, 0.2) is 17.0 Å². The van der Waals surface area contributed by atoms with Gasteiger partial charge in [0.1, 0.15) is 35.8 Å². The molecule has 0 saturated carbocycles. The van der Waals surface area contributed by atoms with Gasteiger partial charge in [-0.1, -0.05) is 72.8 Å². The molecular formula is C41H38FN6O7PS. The Kier molecular flexibility index (Phi) is 12.3. The first kappa shape index (κ1) is 39.6. The first-order valence-corrected chi connectivity index (χ1v) is 20.4. The van der Waals surface area contributed by atoms with Crippen molar-refractivity contribution >= 4 is 41.5 Å². The molecule has 3 heterocycles. The lowest BCUT2D eigenvalue weighted by molar-refractivity contribution is -0.0966. The lowest BCUT2D eigenvalue weighted by Crippen LogP contribution is -2.41. The second-order valence-corrected chi connectivity index (χ2v) is 15.5. The minimum Gasteiger partial charge on any atom is -0.497 e. The van der Waals surface area contributed by atoms with E-state index in [4.69, 9.17) is 45.1 Å². The van der Waals surface area contributed by atoms with Crippen LogP contribution in [0.5, 0.6) is 11.5 Å². The molecule has 13 nitrogen and oxygen atoms in total. The number of nitrogens with zero attached hydrogens (tertiary/aromatic N) is 5. The normalized spacial score (nSPS) is 17.8. The lowest BCUT2D eigenvalue weighted by atomic mass is 9.79. The Morgan fingerprint density at radius 3 is 2.14 bits per heavy atom. The summed E-state index contributed by atoms with van der Waals surface area (Å²) in [5.74, 6) is 1.17. The topological polar surface area (TPSA) is 152 Å². The van der Waals surface area contributed by atoms with E-state index < -0.39 is 30.8 Å². The summed E-state index contributed by atoms with van der Waals surface area (Å²) in [5, 5.41) is 11.8. The average molecular weight is 809 g/mol. The predicted octanol–water partition coefficient (Wildman–Crippen LogP) is 7.90. The number of ether oxygens (including phenoxy) is 4. The second kappa shape index (κ2) is 17.7. The highest BCUT2D eigenvalue weighted by Crippen LogP contribution is 2.52. The number of anilines is 1. The Balaban J connectivity index is 1.29. The van der Waals surface area contributed by atoms with Gasteiger partial charge in [-0.05, 0) is 64.9 Å². The van der Waals surface area contributed by atoms with Crippen molar-refractivity contribution in [3.63, 3.8) is 0 Å². The first-order valence-electron chi connectivity index (χ1n) is 17.9. The van der Waals surface area contributed by atoms with E-state index >= 15 is 4.20 Å². The highest BCUT2D eigenvalue weighted by atomic mass is 32.5. The Morgan fingerprint density at radius 2 is 1.53 bits per heavy atom. The molecule has 1 aliphatic heterocycles. The number of carbonyl (C=O) groups is 1. The smallest absolute Gasteiger partial charge is 0.366 e. The number of imidazole rings is 1. The van der Waals surface area contributed by atoms with Crippen LogP contribution in [0, 0.1) is 11.3 Å². The van der Waals surface area contributed by atoms with Gasteiger partial charge in [0.05, 0.1) is 52.4 Å². The summed E-state index contributed by atoms with van der Waals surface area (Å²) < 4.78 is 53.1. The van der Waals surface area contributed by atoms with Crippen molar-refractivity contribution in [3.8, 4) is 17.6 Å². The van der Waals surface area contributed by atoms with Crippen LogP contribution in [-0.4, -0.2) is 65.1 Å². The van der Waals surface area contributed by atoms with Crippen LogP contribution in [0.25, 0.3) is 11.2 Å². The molecule has 16 heteroatoms. The minimum atomic E-state index is -4.27. The number of rotatable bonds is 16. The van der Waals surface area contributed by atoms with Gasteiger partial charge >= 0.3 is 6.80 Å². The summed E-state index contributed by atoms with van der Waals surface area (Å²) in [6.07, 6.45) is 0.625. The van der Waals surface area contributed by atoms with E-state index in [1.807, 2.05) is 91.0 Å². The number of methoxy groups -OCH3 is 2. The minimum absolute atomic E-state index is 0.0495. The number of nitriles is 1. The average Bonchev–Trinajstić information content (AvgIpc) is 3.87. The molecule has 0 radical (unpaired) electrons. The van der Waals surface area contributed by atoms with Crippen molar-refractivity contribution in [2.24, 2.45) is 0 Å². The molecule has 6 aromatic rings. The highest BCUT2D eigenvalue weighted by Gasteiger charge is 2.47. The molecule has 1 amide bonds. The molecule has 4 aromatic carbocycles. The molecule has 1 saturated heterocycles. The number of aromatic nitrogens is 4. The van der Waals surface area contributed by atoms with E-state index in [1.54, 1.807) is 49.4 Å². The van der Waals surface area contributed by atoms with Gasteiger partial charge < -0.3 is 33.3 Å². The van der Waals surface area contributed by atoms with Crippen molar-refractivity contribution in [3.05, 3.63) is 144 Å². The summed E-state index contributed by atoms with van der Waals surface area (Å²) in [6, 6.07) is 35.6. The molecule has 57 heavy (non-hydrogen) atoms. The van der Waals surface area contributed by atoms with Crippen LogP contribution < -0.4 is 14.8 Å². The van der Waals surface area contributed by atoms with E-state index in [0.29, 0.717) is 28.2 Å². The number of hydrogen-bond acceptors (Lipinski definition) is 12. The summed E-state index contributed by atoms with van der Waals surface area (Å²) in [6.45, 7) is -4.82. The molecule has 7 rings (SSSR count). The lowest BCUT2D eigenvalue weighted by Gasteiger charge is -2.39.